The van der Waals surface area contributed by atoms with Crippen LogP contribution in [0.2, 0.25) is 0 Å². The van der Waals surface area contributed by atoms with Crippen LogP contribution in [0.1, 0.15) is 19.8 Å². The molecule has 0 radical (unpaired) electrons. The van der Waals surface area contributed by atoms with E-state index in [-0.39, 0.29) is 30.3 Å². The zero-order chi connectivity index (χ0) is 11.3. The summed E-state index contributed by atoms with van der Waals surface area (Å²) in [6.07, 6.45) is 1.91. The van der Waals surface area contributed by atoms with Crippen molar-refractivity contribution < 1.29 is 9.59 Å². The fraction of sp³-hybridized carbons (Fsp3) is 0.800. The third-order valence-electron chi connectivity index (χ3n) is 2.80. The van der Waals surface area contributed by atoms with Gasteiger partial charge in [0.1, 0.15) is 0 Å². The topological polar surface area (TPSA) is 70.2 Å². The maximum atomic E-state index is 11.7. The molecule has 0 aromatic heterocycles. The summed E-state index contributed by atoms with van der Waals surface area (Å²) >= 11 is 0. The van der Waals surface area contributed by atoms with E-state index in [1.54, 1.807) is 7.05 Å². The Balaban J connectivity index is 2.35. The predicted octanol–water partition coefficient (Wildman–Crippen LogP) is -0.763. The van der Waals surface area contributed by atoms with Gasteiger partial charge in [-0.3, -0.25) is 9.59 Å². The van der Waals surface area contributed by atoms with Crippen molar-refractivity contribution in [2.45, 2.75) is 25.8 Å². The van der Waals surface area contributed by atoms with Crippen molar-refractivity contribution in [3.63, 3.8) is 0 Å². The Bertz CT molecular complexity index is 243. The van der Waals surface area contributed by atoms with Gasteiger partial charge in [0.25, 0.3) is 0 Å². The lowest BCUT2D eigenvalue weighted by molar-refractivity contribution is -0.129. The molecular formula is C10H19N3O2. The monoisotopic (exact) mass is 213 g/mol. The van der Waals surface area contributed by atoms with Gasteiger partial charge in [-0.05, 0) is 26.3 Å². The van der Waals surface area contributed by atoms with Gasteiger partial charge in [0, 0.05) is 13.1 Å². The number of carbonyl (C=O) groups is 2. The molecule has 1 saturated heterocycles. The Kier molecular flexibility index (Phi) is 4.55. The normalized spacial score (nSPS) is 25.7. The van der Waals surface area contributed by atoms with E-state index in [1.807, 2.05) is 6.92 Å². The summed E-state index contributed by atoms with van der Waals surface area (Å²) in [5.74, 6) is -0.207. The van der Waals surface area contributed by atoms with Crippen LogP contribution in [0.4, 0.5) is 0 Å². The lowest BCUT2D eigenvalue weighted by Gasteiger charge is -2.28. The van der Waals surface area contributed by atoms with E-state index >= 15 is 0 Å². The number of amides is 2. The number of carbonyl (C=O) groups excluding carboxylic acids is 2. The van der Waals surface area contributed by atoms with Gasteiger partial charge in [-0.2, -0.15) is 0 Å². The van der Waals surface area contributed by atoms with Crippen LogP contribution in [0.15, 0.2) is 0 Å². The molecular weight excluding hydrogens is 194 g/mol. The van der Waals surface area contributed by atoms with E-state index in [2.05, 4.69) is 16.0 Å². The molecule has 86 valence electrons. The Morgan fingerprint density at radius 1 is 1.47 bits per heavy atom. The minimum Gasteiger partial charge on any atom is -0.358 e. The Morgan fingerprint density at radius 2 is 2.20 bits per heavy atom. The van der Waals surface area contributed by atoms with E-state index < -0.39 is 0 Å². The Labute approximate surface area is 90.0 Å². The third kappa shape index (κ3) is 3.51. The van der Waals surface area contributed by atoms with Gasteiger partial charge in [-0.15, -0.1) is 0 Å². The molecule has 1 aliphatic heterocycles. The van der Waals surface area contributed by atoms with Gasteiger partial charge in [-0.1, -0.05) is 0 Å². The second-order valence-corrected chi connectivity index (χ2v) is 3.88. The van der Waals surface area contributed by atoms with Gasteiger partial charge in [0.05, 0.1) is 12.5 Å². The molecule has 2 atom stereocenters. The van der Waals surface area contributed by atoms with Crippen LogP contribution in [0, 0.1) is 5.92 Å². The minimum atomic E-state index is -0.167. The van der Waals surface area contributed by atoms with Gasteiger partial charge in [0.15, 0.2) is 0 Å². The van der Waals surface area contributed by atoms with Crippen molar-refractivity contribution in [2.24, 2.45) is 5.92 Å². The Hall–Kier alpha value is -1.10. The molecule has 5 heteroatoms. The first-order valence-corrected chi connectivity index (χ1v) is 5.37. The van der Waals surface area contributed by atoms with Gasteiger partial charge >= 0.3 is 0 Å². The molecule has 0 aliphatic carbocycles. The van der Waals surface area contributed by atoms with Crippen LogP contribution in [-0.4, -0.2) is 38.0 Å². The summed E-state index contributed by atoms with van der Waals surface area (Å²) in [4.78, 5) is 22.6. The number of piperidine rings is 1. The fourth-order valence-corrected chi connectivity index (χ4v) is 1.79. The fourth-order valence-electron chi connectivity index (χ4n) is 1.79. The molecule has 2 unspecified atom stereocenters. The molecule has 0 aromatic carbocycles. The summed E-state index contributed by atoms with van der Waals surface area (Å²) in [7, 11) is 1.55. The average molecular weight is 213 g/mol. The van der Waals surface area contributed by atoms with Crippen molar-refractivity contribution in [3.8, 4) is 0 Å². The van der Waals surface area contributed by atoms with E-state index in [0.717, 1.165) is 19.4 Å². The highest BCUT2D eigenvalue weighted by molar-refractivity contribution is 5.86. The lowest BCUT2D eigenvalue weighted by Crippen LogP contribution is -2.48. The summed E-state index contributed by atoms with van der Waals surface area (Å²) in [5.41, 5.74) is 0. The first kappa shape index (κ1) is 12.0. The summed E-state index contributed by atoms with van der Waals surface area (Å²) in [6, 6.07) is 0.198. The molecule has 2 amide bonds. The van der Waals surface area contributed by atoms with Crippen molar-refractivity contribution in [1.29, 1.82) is 0 Å². The second kappa shape index (κ2) is 5.70. The summed E-state index contributed by atoms with van der Waals surface area (Å²) in [6.45, 7) is 3.04. The average Bonchev–Trinajstić information content (AvgIpc) is 2.26. The van der Waals surface area contributed by atoms with Gasteiger partial charge in [-0.25, -0.2) is 0 Å². The maximum absolute atomic E-state index is 11.7. The molecule has 5 nitrogen and oxygen atoms in total. The van der Waals surface area contributed by atoms with Crippen LogP contribution in [0.5, 0.6) is 0 Å². The lowest BCUT2D eigenvalue weighted by atomic mass is 9.91. The number of hydrogen-bond acceptors (Lipinski definition) is 3. The quantitative estimate of drug-likeness (QED) is 0.577. The van der Waals surface area contributed by atoms with Gasteiger partial charge < -0.3 is 16.0 Å². The highest BCUT2D eigenvalue weighted by atomic mass is 16.2. The largest absolute Gasteiger partial charge is 0.358 e. The molecule has 1 rings (SSSR count). The smallest absolute Gasteiger partial charge is 0.239 e. The molecule has 15 heavy (non-hydrogen) atoms. The first-order chi connectivity index (χ1) is 7.15. The maximum Gasteiger partial charge on any atom is 0.239 e. The third-order valence-corrected chi connectivity index (χ3v) is 2.80. The minimum absolute atomic E-state index is 0.0107. The Morgan fingerprint density at radius 3 is 2.80 bits per heavy atom. The molecule has 0 spiro atoms. The van der Waals surface area contributed by atoms with Crippen LogP contribution < -0.4 is 16.0 Å². The van der Waals surface area contributed by atoms with Crippen LogP contribution >= 0.6 is 0 Å². The van der Waals surface area contributed by atoms with Crippen molar-refractivity contribution >= 4 is 11.8 Å². The summed E-state index contributed by atoms with van der Waals surface area (Å²) < 4.78 is 0. The van der Waals surface area contributed by atoms with Crippen molar-refractivity contribution in [3.05, 3.63) is 0 Å². The number of hydrogen-bond donors (Lipinski definition) is 3. The van der Waals surface area contributed by atoms with Gasteiger partial charge in [0.2, 0.25) is 11.8 Å². The highest BCUT2D eigenvalue weighted by Gasteiger charge is 2.27. The molecule has 1 aliphatic rings. The molecule has 3 N–H and O–H groups in total. The predicted molar refractivity (Wildman–Crippen MR) is 57.3 cm³/mol. The first-order valence-electron chi connectivity index (χ1n) is 5.37. The highest BCUT2D eigenvalue weighted by Crippen LogP contribution is 2.15. The van der Waals surface area contributed by atoms with E-state index in [0.29, 0.717) is 0 Å². The molecule has 0 bridgehead atoms. The number of nitrogens with one attached hydrogen (secondary N) is 3. The van der Waals surface area contributed by atoms with E-state index in [9.17, 15) is 9.59 Å². The molecule has 1 heterocycles. The van der Waals surface area contributed by atoms with Crippen LogP contribution in [-0.2, 0) is 9.59 Å². The molecule has 0 aromatic rings. The van der Waals surface area contributed by atoms with Crippen LogP contribution in [0.25, 0.3) is 0 Å². The number of likely N-dealkylation sites (N-methyl/N-ethyl adjacent to an activating group) is 1. The zero-order valence-corrected chi connectivity index (χ0v) is 9.30. The molecule has 0 saturated carbocycles. The van der Waals surface area contributed by atoms with Crippen LogP contribution in [0.3, 0.4) is 0 Å². The van der Waals surface area contributed by atoms with E-state index in [1.165, 1.54) is 0 Å². The van der Waals surface area contributed by atoms with Crippen molar-refractivity contribution in [1.82, 2.24) is 16.0 Å². The summed E-state index contributed by atoms with van der Waals surface area (Å²) in [5, 5.41) is 8.36. The second-order valence-electron chi connectivity index (χ2n) is 3.88. The zero-order valence-electron chi connectivity index (χ0n) is 9.30. The van der Waals surface area contributed by atoms with E-state index in [4.69, 9.17) is 0 Å². The number of rotatable bonds is 3. The standard InChI is InChI=1S/C10H19N3O2/c1-7-8(4-3-5-12-7)10(15)13-6-9(14)11-2/h7-8,12H,3-6H2,1-2H3,(H,11,14)(H,13,15). The SMILES string of the molecule is CNC(=O)CNC(=O)C1CCCNC1C. The molecule has 1 fully saturated rings. The van der Waals surface area contributed by atoms with Crippen molar-refractivity contribution in [2.75, 3.05) is 20.1 Å².